The van der Waals surface area contributed by atoms with Crippen LogP contribution in [0.15, 0.2) is 0 Å². The zero-order chi connectivity index (χ0) is 7.84. The first-order valence-electron chi connectivity index (χ1n) is 4.68. The molecule has 0 aromatic carbocycles. The molecule has 0 aromatic rings. The van der Waals surface area contributed by atoms with Gasteiger partial charge in [-0.25, -0.2) is 0 Å². The molecular weight excluding hydrogens is 136 g/mol. The molecule has 2 aliphatic heterocycles. The van der Waals surface area contributed by atoms with Gasteiger partial charge in [0.25, 0.3) is 0 Å². The summed E-state index contributed by atoms with van der Waals surface area (Å²) in [4.78, 5) is 2.38. The fraction of sp³-hybridized carbons (Fsp3) is 1.00. The zero-order valence-corrected chi connectivity index (χ0v) is 7.51. The predicted octanol–water partition coefficient (Wildman–Crippen LogP) is 1.08. The summed E-state index contributed by atoms with van der Waals surface area (Å²) in [6.45, 7) is 0. The predicted molar refractivity (Wildman–Crippen MR) is 48.8 cm³/mol. The zero-order valence-electron chi connectivity index (χ0n) is 7.51. The van der Waals surface area contributed by atoms with Crippen molar-refractivity contribution in [2.24, 2.45) is 0 Å². The molecule has 2 rings (SSSR count). The highest BCUT2D eigenvalue weighted by Gasteiger charge is 2.33. The molecule has 2 saturated heterocycles. The van der Waals surface area contributed by atoms with Crippen LogP contribution in [-0.2, 0) is 0 Å². The van der Waals surface area contributed by atoms with E-state index in [1.165, 1.54) is 25.7 Å². The van der Waals surface area contributed by atoms with Crippen LogP contribution in [0, 0.1) is 0 Å². The molecule has 11 heavy (non-hydrogen) atoms. The van der Waals surface area contributed by atoms with E-state index in [9.17, 15) is 0 Å². The van der Waals surface area contributed by atoms with Gasteiger partial charge in [0.05, 0.1) is 0 Å². The van der Waals surface area contributed by atoms with Crippen molar-refractivity contribution in [3.8, 4) is 0 Å². The van der Waals surface area contributed by atoms with E-state index in [1.807, 2.05) is 0 Å². The highest BCUT2D eigenvalue weighted by molar-refractivity contribution is 4.94. The van der Waals surface area contributed by atoms with Gasteiger partial charge in [-0.1, -0.05) is 0 Å². The molecular formula is C9H20N2. The van der Waals surface area contributed by atoms with Gasteiger partial charge in [-0.2, -0.15) is 0 Å². The summed E-state index contributed by atoms with van der Waals surface area (Å²) in [5.74, 6) is 0. The van der Waals surface area contributed by atoms with Crippen molar-refractivity contribution in [1.29, 1.82) is 0 Å². The van der Waals surface area contributed by atoms with Gasteiger partial charge in [-0.3, -0.25) is 0 Å². The minimum atomic E-state index is 0. The van der Waals surface area contributed by atoms with Crippen molar-refractivity contribution < 1.29 is 1.43 Å². The Morgan fingerprint density at radius 1 is 1.18 bits per heavy atom. The molecule has 2 bridgehead atoms. The third-order valence-corrected chi connectivity index (χ3v) is 3.18. The number of hydrogen-bond acceptors (Lipinski definition) is 2. The molecule has 0 spiro atoms. The smallest absolute Gasteiger partial charge is 0.0119 e. The molecule has 2 atom stereocenters. The monoisotopic (exact) mass is 156 g/mol. The van der Waals surface area contributed by atoms with Crippen molar-refractivity contribution in [3.05, 3.63) is 0 Å². The van der Waals surface area contributed by atoms with Crippen LogP contribution in [0.5, 0.6) is 0 Å². The first-order valence-corrected chi connectivity index (χ1v) is 4.68. The molecule has 0 amide bonds. The lowest BCUT2D eigenvalue weighted by atomic mass is 9.99. The fourth-order valence-corrected chi connectivity index (χ4v) is 2.45. The SMILES string of the molecule is CN(C)C1CC2CCC(C1)N2.[HH]. The topological polar surface area (TPSA) is 15.3 Å². The van der Waals surface area contributed by atoms with Crippen LogP contribution in [0.3, 0.4) is 0 Å². The minimum Gasteiger partial charge on any atom is -0.311 e. The van der Waals surface area contributed by atoms with Gasteiger partial charge >= 0.3 is 0 Å². The minimum absolute atomic E-state index is 0. The second-order valence-corrected chi connectivity index (χ2v) is 4.23. The van der Waals surface area contributed by atoms with Gasteiger partial charge in [0, 0.05) is 19.6 Å². The summed E-state index contributed by atoms with van der Waals surface area (Å²) in [6, 6.07) is 2.51. The second-order valence-electron chi connectivity index (χ2n) is 4.23. The van der Waals surface area contributed by atoms with Crippen molar-refractivity contribution in [1.82, 2.24) is 10.2 Å². The van der Waals surface area contributed by atoms with E-state index in [0.29, 0.717) is 0 Å². The highest BCUT2D eigenvalue weighted by Crippen LogP contribution is 2.28. The lowest BCUT2D eigenvalue weighted by Crippen LogP contribution is -2.45. The molecule has 66 valence electrons. The van der Waals surface area contributed by atoms with Crippen molar-refractivity contribution in [2.45, 2.75) is 43.8 Å². The summed E-state index contributed by atoms with van der Waals surface area (Å²) in [5.41, 5.74) is 0. The molecule has 2 fully saturated rings. The number of nitrogens with zero attached hydrogens (tertiary/aromatic N) is 1. The summed E-state index contributed by atoms with van der Waals surface area (Å²) < 4.78 is 0. The van der Waals surface area contributed by atoms with Gasteiger partial charge in [0.15, 0.2) is 0 Å². The summed E-state index contributed by atoms with van der Waals surface area (Å²) >= 11 is 0. The lowest BCUT2D eigenvalue weighted by molar-refractivity contribution is 0.203. The molecule has 2 heteroatoms. The number of piperidine rings is 1. The van der Waals surface area contributed by atoms with Crippen molar-refractivity contribution in [3.63, 3.8) is 0 Å². The number of fused-ring (bicyclic) bond motifs is 2. The molecule has 2 aliphatic rings. The summed E-state index contributed by atoms with van der Waals surface area (Å²) in [7, 11) is 4.41. The fourth-order valence-electron chi connectivity index (χ4n) is 2.45. The number of rotatable bonds is 1. The van der Waals surface area contributed by atoms with Crippen LogP contribution >= 0.6 is 0 Å². The first-order chi connectivity index (χ1) is 5.25. The molecule has 0 saturated carbocycles. The van der Waals surface area contributed by atoms with Crippen LogP contribution in [0.4, 0.5) is 0 Å². The Labute approximate surface area is 70.4 Å². The van der Waals surface area contributed by atoms with Gasteiger partial charge in [0.2, 0.25) is 0 Å². The maximum Gasteiger partial charge on any atom is 0.0119 e. The Balaban J connectivity index is 0.000000720. The van der Waals surface area contributed by atoms with Crippen molar-refractivity contribution >= 4 is 0 Å². The van der Waals surface area contributed by atoms with Gasteiger partial charge in [-0.15, -0.1) is 0 Å². The first kappa shape index (κ1) is 7.56. The Kier molecular flexibility index (Phi) is 1.90. The molecule has 2 heterocycles. The standard InChI is InChI=1S/C9H18N2.H2/c1-11(2)9-5-7-3-4-8(6-9)10-7;/h7-10H,3-6H2,1-2H3;1H. The van der Waals surface area contributed by atoms with Crippen LogP contribution in [-0.4, -0.2) is 37.1 Å². The van der Waals surface area contributed by atoms with Crippen LogP contribution in [0.1, 0.15) is 27.1 Å². The van der Waals surface area contributed by atoms with E-state index < -0.39 is 0 Å². The molecule has 0 radical (unpaired) electrons. The normalized spacial score (nSPS) is 43.4. The van der Waals surface area contributed by atoms with E-state index in [1.54, 1.807) is 0 Å². The number of hydrogen-bond donors (Lipinski definition) is 1. The Morgan fingerprint density at radius 3 is 2.18 bits per heavy atom. The third-order valence-electron chi connectivity index (χ3n) is 3.18. The van der Waals surface area contributed by atoms with E-state index in [4.69, 9.17) is 0 Å². The highest BCUT2D eigenvalue weighted by atomic mass is 15.1. The van der Waals surface area contributed by atoms with E-state index >= 15 is 0 Å². The molecule has 2 nitrogen and oxygen atoms in total. The average Bonchev–Trinajstić information content (AvgIpc) is 2.30. The molecule has 2 unspecified atom stereocenters. The van der Waals surface area contributed by atoms with E-state index in [2.05, 4.69) is 24.3 Å². The summed E-state index contributed by atoms with van der Waals surface area (Å²) in [5, 5.41) is 3.65. The van der Waals surface area contributed by atoms with Crippen LogP contribution in [0.2, 0.25) is 0 Å². The van der Waals surface area contributed by atoms with Gasteiger partial charge in [-0.05, 0) is 39.8 Å². The Hall–Kier alpha value is -0.0800. The Bertz CT molecular complexity index is 137. The molecule has 1 N–H and O–H groups in total. The number of nitrogens with one attached hydrogen (secondary N) is 1. The lowest BCUT2D eigenvalue weighted by Gasteiger charge is -2.33. The molecule has 0 aliphatic carbocycles. The second kappa shape index (κ2) is 2.76. The van der Waals surface area contributed by atoms with Gasteiger partial charge in [0.1, 0.15) is 0 Å². The maximum absolute atomic E-state index is 3.65. The molecule has 0 aromatic heterocycles. The van der Waals surface area contributed by atoms with Crippen LogP contribution < -0.4 is 5.32 Å². The summed E-state index contributed by atoms with van der Waals surface area (Å²) in [6.07, 6.45) is 5.55. The Morgan fingerprint density at radius 2 is 1.73 bits per heavy atom. The van der Waals surface area contributed by atoms with Crippen LogP contribution in [0.25, 0.3) is 0 Å². The maximum atomic E-state index is 3.65. The van der Waals surface area contributed by atoms with Gasteiger partial charge < -0.3 is 10.2 Å². The third kappa shape index (κ3) is 1.42. The largest absolute Gasteiger partial charge is 0.311 e. The quantitative estimate of drug-likeness (QED) is 0.611. The van der Waals surface area contributed by atoms with E-state index in [0.717, 1.165) is 18.1 Å². The average molecular weight is 156 g/mol. The van der Waals surface area contributed by atoms with E-state index in [-0.39, 0.29) is 1.43 Å². The van der Waals surface area contributed by atoms with Crippen molar-refractivity contribution in [2.75, 3.05) is 14.1 Å².